The van der Waals surface area contributed by atoms with Crippen LogP contribution in [0.1, 0.15) is 10.5 Å². The van der Waals surface area contributed by atoms with Gasteiger partial charge in [-0.15, -0.1) is 0 Å². The van der Waals surface area contributed by atoms with Crippen LogP contribution in [-0.4, -0.2) is 71.4 Å². The third kappa shape index (κ3) is 4.04. The van der Waals surface area contributed by atoms with Crippen LogP contribution >= 0.6 is 11.6 Å². The number of benzene rings is 1. The Kier molecular flexibility index (Phi) is 5.62. The van der Waals surface area contributed by atoms with Crippen molar-refractivity contribution >= 4 is 23.2 Å². The van der Waals surface area contributed by atoms with Crippen molar-refractivity contribution in [1.29, 1.82) is 0 Å². The van der Waals surface area contributed by atoms with E-state index in [1.807, 2.05) is 53.1 Å². The summed E-state index contributed by atoms with van der Waals surface area (Å²) in [6, 6.07) is 13.2. The number of likely N-dealkylation sites (N-methyl/N-ethyl adjacent to an activating group) is 1. The van der Waals surface area contributed by atoms with Crippen LogP contribution in [0.15, 0.2) is 48.7 Å². The Labute approximate surface area is 169 Å². The van der Waals surface area contributed by atoms with E-state index in [0.29, 0.717) is 17.3 Å². The van der Waals surface area contributed by atoms with E-state index >= 15 is 0 Å². The van der Waals surface area contributed by atoms with E-state index < -0.39 is 0 Å². The number of amides is 1. The second-order valence-electron chi connectivity index (χ2n) is 7.15. The van der Waals surface area contributed by atoms with Crippen molar-refractivity contribution in [3.8, 4) is 11.3 Å². The number of hydrogen-bond acceptors (Lipinski definition) is 4. The largest absolute Gasteiger partial charge is 0.349 e. The van der Waals surface area contributed by atoms with Gasteiger partial charge in [-0.2, -0.15) is 0 Å². The Bertz CT molecular complexity index is 961. The monoisotopic (exact) mass is 397 g/mol. The summed E-state index contributed by atoms with van der Waals surface area (Å²) in [7, 11) is 2.14. The summed E-state index contributed by atoms with van der Waals surface area (Å²) in [6.45, 7) is 5.68. The lowest BCUT2D eigenvalue weighted by atomic mass is 10.1. The number of halogens is 1. The maximum atomic E-state index is 12.9. The fourth-order valence-corrected chi connectivity index (χ4v) is 3.65. The molecule has 0 radical (unpaired) electrons. The molecule has 7 heteroatoms. The van der Waals surface area contributed by atoms with Gasteiger partial charge in [0.1, 0.15) is 5.65 Å². The van der Waals surface area contributed by atoms with Crippen molar-refractivity contribution < 1.29 is 4.79 Å². The van der Waals surface area contributed by atoms with Crippen molar-refractivity contribution in [2.45, 2.75) is 0 Å². The molecule has 1 fully saturated rings. The van der Waals surface area contributed by atoms with Gasteiger partial charge in [-0.05, 0) is 31.3 Å². The smallest absolute Gasteiger partial charge is 0.272 e. The second-order valence-corrected chi connectivity index (χ2v) is 7.58. The number of rotatable bonds is 5. The molecule has 3 heterocycles. The fourth-order valence-electron chi connectivity index (χ4n) is 3.52. The van der Waals surface area contributed by atoms with Crippen LogP contribution < -0.4 is 5.32 Å². The van der Waals surface area contributed by atoms with Gasteiger partial charge in [-0.3, -0.25) is 14.1 Å². The van der Waals surface area contributed by atoms with Gasteiger partial charge in [0, 0.05) is 56.1 Å². The van der Waals surface area contributed by atoms with E-state index in [4.69, 9.17) is 11.6 Å². The Morgan fingerprint density at radius 3 is 2.61 bits per heavy atom. The minimum atomic E-state index is -0.150. The summed E-state index contributed by atoms with van der Waals surface area (Å²) in [6.07, 6.45) is 1.92. The van der Waals surface area contributed by atoms with Gasteiger partial charge in [0.2, 0.25) is 0 Å². The maximum absolute atomic E-state index is 12.9. The first-order chi connectivity index (χ1) is 13.6. The molecule has 0 atom stereocenters. The van der Waals surface area contributed by atoms with Gasteiger partial charge in [0.15, 0.2) is 5.69 Å². The normalized spacial score (nSPS) is 15.8. The zero-order chi connectivity index (χ0) is 19.5. The highest BCUT2D eigenvalue weighted by Gasteiger charge is 2.20. The first kappa shape index (κ1) is 18.9. The highest BCUT2D eigenvalue weighted by Crippen LogP contribution is 2.26. The summed E-state index contributed by atoms with van der Waals surface area (Å²) in [4.78, 5) is 22.2. The lowest BCUT2D eigenvalue weighted by molar-refractivity contribution is 0.0937. The number of nitrogens with zero attached hydrogens (tertiary/aromatic N) is 4. The molecule has 0 unspecified atom stereocenters. The minimum Gasteiger partial charge on any atom is -0.349 e. The first-order valence-electron chi connectivity index (χ1n) is 9.54. The molecule has 0 aliphatic carbocycles. The van der Waals surface area contributed by atoms with E-state index in [2.05, 4.69) is 27.1 Å². The highest BCUT2D eigenvalue weighted by atomic mass is 35.5. The number of pyridine rings is 1. The van der Waals surface area contributed by atoms with Gasteiger partial charge in [-0.1, -0.05) is 29.8 Å². The standard InChI is InChI=1S/C21H24ClN5O/c1-25-12-14-26(15-13-25)11-9-23-21(28)19-20(16-5-7-17(22)8-6-16)27-10-3-2-4-18(27)24-19/h2-8,10H,9,11-15H2,1H3,(H,23,28). The van der Waals surface area contributed by atoms with Crippen molar-refractivity contribution in [3.63, 3.8) is 0 Å². The van der Waals surface area contributed by atoms with Crippen molar-refractivity contribution in [2.75, 3.05) is 46.3 Å². The third-order valence-electron chi connectivity index (χ3n) is 5.17. The molecule has 0 spiro atoms. The van der Waals surface area contributed by atoms with Gasteiger partial charge >= 0.3 is 0 Å². The predicted octanol–water partition coefficient (Wildman–Crippen LogP) is 2.63. The quantitative estimate of drug-likeness (QED) is 0.719. The second kappa shape index (κ2) is 8.31. The number of carbonyl (C=O) groups excluding carboxylic acids is 1. The predicted molar refractivity (Wildman–Crippen MR) is 112 cm³/mol. The van der Waals surface area contributed by atoms with E-state index in [-0.39, 0.29) is 5.91 Å². The Balaban J connectivity index is 1.53. The lowest BCUT2D eigenvalue weighted by Crippen LogP contribution is -2.46. The first-order valence-corrected chi connectivity index (χ1v) is 9.92. The van der Waals surface area contributed by atoms with Gasteiger partial charge < -0.3 is 10.2 Å². The fraction of sp³-hybridized carbons (Fsp3) is 0.333. The van der Waals surface area contributed by atoms with Gasteiger partial charge in [-0.25, -0.2) is 4.98 Å². The van der Waals surface area contributed by atoms with Crippen LogP contribution in [0, 0.1) is 0 Å². The number of nitrogens with one attached hydrogen (secondary N) is 1. The minimum absolute atomic E-state index is 0.150. The number of imidazole rings is 1. The maximum Gasteiger partial charge on any atom is 0.272 e. The number of piperazine rings is 1. The van der Waals surface area contributed by atoms with E-state index in [9.17, 15) is 4.79 Å². The summed E-state index contributed by atoms with van der Waals surface area (Å²) < 4.78 is 1.94. The Morgan fingerprint density at radius 2 is 1.86 bits per heavy atom. The molecule has 3 aromatic rings. The number of fused-ring (bicyclic) bond motifs is 1. The SMILES string of the molecule is CN1CCN(CCNC(=O)c2nc3ccccn3c2-c2ccc(Cl)cc2)CC1. The summed E-state index contributed by atoms with van der Waals surface area (Å²) in [5, 5.41) is 3.71. The highest BCUT2D eigenvalue weighted by molar-refractivity contribution is 6.30. The molecular weight excluding hydrogens is 374 g/mol. The molecular formula is C21H24ClN5O. The molecule has 146 valence electrons. The number of hydrogen-bond donors (Lipinski definition) is 1. The molecule has 1 aliphatic heterocycles. The summed E-state index contributed by atoms with van der Waals surface area (Å²) >= 11 is 6.04. The molecule has 0 bridgehead atoms. The van der Waals surface area contributed by atoms with Crippen LogP contribution in [0.3, 0.4) is 0 Å². The van der Waals surface area contributed by atoms with E-state index in [1.165, 1.54) is 0 Å². The zero-order valence-electron chi connectivity index (χ0n) is 15.9. The van der Waals surface area contributed by atoms with Crippen molar-refractivity contribution in [2.24, 2.45) is 0 Å². The van der Waals surface area contributed by atoms with Crippen molar-refractivity contribution in [1.82, 2.24) is 24.5 Å². The van der Waals surface area contributed by atoms with E-state index in [0.717, 1.165) is 49.6 Å². The van der Waals surface area contributed by atoms with Crippen LogP contribution in [-0.2, 0) is 0 Å². The topological polar surface area (TPSA) is 52.9 Å². The lowest BCUT2D eigenvalue weighted by Gasteiger charge is -2.32. The van der Waals surface area contributed by atoms with Crippen LogP contribution in [0.25, 0.3) is 16.9 Å². The van der Waals surface area contributed by atoms with Gasteiger partial charge in [0.05, 0.1) is 5.69 Å². The average molecular weight is 398 g/mol. The van der Waals surface area contributed by atoms with E-state index in [1.54, 1.807) is 0 Å². The van der Waals surface area contributed by atoms with Gasteiger partial charge in [0.25, 0.3) is 5.91 Å². The molecule has 2 aromatic heterocycles. The van der Waals surface area contributed by atoms with Crippen molar-refractivity contribution in [3.05, 3.63) is 59.4 Å². The molecule has 1 N–H and O–H groups in total. The third-order valence-corrected chi connectivity index (χ3v) is 5.42. The summed E-state index contributed by atoms with van der Waals surface area (Å²) in [5.74, 6) is -0.150. The van der Waals surface area contributed by atoms with Crippen LogP contribution in [0.2, 0.25) is 5.02 Å². The molecule has 1 aliphatic rings. The zero-order valence-corrected chi connectivity index (χ0v) is 16.7. The van der Waals surface area contributed by atoms with Crippen LogP contribution in [0.4, 0.5) is 0 Å². The summed E-state index contributed by atoms with van der Waals surface area (Å²) in [5.41, 5.74) is 2.88. The molecule has 6 nitrogen and oxygen atoms in total. The number of carbonyl (C=O) groups is 1. The Hall–Kier alpha value is -2.41. The molecule has 1 amide bonds. The molecule has 4 rings (SSSR count). The van der Waals surface area contributed by atoms with Crippen LogP contribution in [0.5, 0.6) is 0 Å². The molecule has 1 saturated heterocycles. The Morgan fingerprint density at radius 1 is 1.11 bits per heavy atom. The number of aromatic nitrogens is 2. The molecule has 28 heavy (non-hydrogen) atoms. The molecule has 1 aromatic carbocycles. The molecule has 0 saturated carbocycles. The average Bonchev–Trinajstić information content (AvgIpc) is 3.10.